The van der Waals surface area contributed by atoms with E-state index in [4.69, 9.17) is 9.47 Å². The number of ether oxygens (including phenoxy) is 2. The molecular formula is C26H30BrNO5. The Morgan fingerprint density at radius 1 is 1.00 bits per heavy atom. The highest BCUT2D eigenvalue weighted by molar-refractivity contribution is 9.11. The van der Waals surface area contributed by atoms with Gasteiger partial charge in [0.25, 0.3) is 0 Å². The minimum Gasteiger partial charge on any atom is -0.466 e. The maximum Gasteiger partial charge on any atom is 0.310 e. The average Bonchev–Trinajstić information content (AvgIpc) is 2.84. The number of hydrogen-bond acceptors (Lipinski definition) is 5. The van der Waals surface area contributed by atoms with Crippen molar-refractivity contribution in [3.8, 4) is 0 Å². The second kappa shape index (κ2) is 12.7. The van der Waals surface area contributed by atoms with E-state index in [-0.39, 0.29) is 25.7 Å². The number of carbonyl (C=O) groups is 2. The van der Waals surface area contributed by atoms with E-state index < -0.39 is 29.6 Å². The lowest BCUT2D eigenvalue weighted by Crippen LogP contribution is -2.49. The van der Waals surface area contributed by atoms with Crippen LogP contribution < -0.4 is 5.32 Å². The first-order valence-electron chi connectivity index (χ1n) is 11.1. The standard InChI is InChI=1S/C26H30BrNO5/c1-2-33-26(31)24-21(17-32-16-19-11-7-4-8-12-19)22(27)13-20(15-29)23(24)25(30)28-14-18-9-5-3-6-10-18/h3-13,20-21,23-24,29H,2,14-17H2,1H3,(H,28,30)/t20-,21-,23-,24-/m0/s1. The number of carbonyl (C=O) groups excluding carboxylic acids is 2. The monoisotopic (exact) mass is 515 g/mol. The van der Waals surface area contributed by atoms with Gasteiger partial charge in [-0.25, -0.2) is 0 Å². The van der Waals surface area contributed by atoms with Gasteiger partial charge in [-0.3, -0.25) is 9.59 Å². The summed E-state index contributed by atoms with van der Waals surface area (Å²) in [6.07, 6.45) is 1.82. The number of hydrogen-bond donors (Lipinski definition) is 2. The number of aliphatic hydroxyl groups excluding tert-OH is 1. The van der Waals surface area contributed by atoms with Crippen LogP contribution in [0.25, 0.3) is 0 Å². The van der Waals surface area contributed by atoms with Gasteiger partial charge in [0.2, 0.25) is 5.91 Å². The molecule has 3 rings (SSSR count). The Bertz CT molecular complexity index is 934. The number of halogens is 1. The molecule has 0 fully saturated rings. The Morgan fingerprint density at radius 3 is 2.24 bits per heavy atom. The summed E-state index contributed by atoms with van der Waals surface area (Å²) in [4.78, 5) is 26.3. The van der Waals surface area contributed by atoms with Crippen LogP contribution in [0.4, 0.5) is 0 Å². The fraction of sp³-hybridized carbons (Fsp3) is 0.385. The SMILES string of the molecule is CCOC(=O)[C@@H]1[C@@H](C(=O)NCc2ccccc2)[C@H](CO)C=C(Br)[C@@H]1COCc1ccccc1. The predicted molar refractivity (Wildman–Crippen MR) is 129 cm³/mol. The van der Waals surface area contributed by atoms with Gasteiger partial charge in [-0.1, -0.05) is 82.7 Å². The van der Waals surface area contributed by atoms with E-state index in [1.165, 1.54) is 0 Å². The zero-order chi connectivity index (χ0) is 23.6. The van der Waals surface area contributed by atoms with Gasteiger partial charge in [-0.05, 0) is 22.5 Å². The van der Waals surface area contributed by atoms with E-state index in [0.717, 1.165) is 15.6 Å². The molecule has 6 nitrogen and oxygen atoms in total. The normalized spacial score (nSPS) is 22.3. The third-order valence-electron chi connectivity index (χ3n) is 5.80. The fourth-order valence-corrected chi connectivity index (χ4v) is 4.91. The molecule has 33 heavy (non-hydrogen) atoms. The summed E-state index contributed by atoms with van der Waals surface area (Å²) in [5.74, 6) is -3.23. The first-order chi connectivity index (χ1) is 16.0. The maximum absolute atomic E-state index is 13.3. The Labute approximate surface area is 203 Å². The van der Waals surface area contributed by atoms with Crippen LogP contribution in [0.15, 0.2) is 71.2 Å². The Kier molecular flexibility index (Phi) is 9.66. The van der Waals surface area contributed by atoms with Crippen molar-refractivity contribution in [2.75, 3.05) is 19.8 Å². The van der Waals surface area contributed by atoms with Crippen LogP contribution in [0.3, 0.4) is 0 Å². The highest BCUT2D eigenvalue weighted by Crippen LogP contribution is 2.42. The van der Waals surface area contributed by atoms with Crippen molar-refractivity contribution >= 4 is 27.8 Å². The summed E-state index contributed by atoms with van der Waals surface area (Å²) in [6.45, 7) is 2.64. The minimum absolute atomic E-state index is 0.205. The molecule has 0 aromatic heterocycles. The van der Waals surface area contributed by atoms with E-state index in [2.05, 4.69) is 21.2 Å². The zero-order valence-corrected chi connectivity index (χ0v) is 20.2. The molecule has 2 N–H and O–H groups in total. The van der Waals surface area contributed by atoms with Gasteiger partial charge in [0.05, 0.1) is 38.3 Å². The van der Waals surface area contributed by atoms with E-state index in [9.17, 15) is 14.7 Å². The van der Waals surface area contributed by atoms with Crippen LogP contribution in [-0.4, -0.2) is 36.8 Å². The summed E-state index contributed by atoms with van der Waals surface area (Å²) in [7, 11) is 0. The second-order valence-electron chi connectivity index (χ2n) is 8.01. The number of esters is 1. The topological polar surface area (TPSA) is 84.9 Å². The predicted octanol–water partition coefficient (Wildman–Crippen LogP) is 3.83. The average molecular weight is 516 g/mol. The smallest absolute Gasteiger partial charge is 0.310 e. The van der Waals surface area contributed by atoms with Crippen molar-refractivity contribution in [1.82, 2.24) is 5.32 Å². The van der Waals surface area contributed by atoms with E-state index in [1.54, 1.807) is 6.92 Å². The maximum atomic E-state index is 13.3. The van der Waals surface area contributed by atoms with Crippen LogP contribution in [0, 0.1) is 23.7 Å². The molecule has 0 unspecified atom stereocenters. The lowest BCUT2D eigenvalue weighted by Gasteiger charge is -2.38. The van der Waals surface area contributed by atoms with Crippen LogP contribution in [-0.2, 0) is 32.2 Å². The molecule has 2 aromatic rings. The number of rotatable bonds is 10. The van der Waals surface area contributed by atoms with Gasteiger partial charge in [0, 0.05) is 18.4 Å². The van der Waals surface area contributed by atoms with Crippen molar-refractivity contribution in [3.05, 3.63) is 82.3 Å². The van der Waals surface area contributed by atoms with Gasteiger partial charge in [-0.15, -0.1) is 0 Å². The largest absolute Gasteiger partial charge is 0.466 e. The van der Waals surface area contributed by atoms with Crippen LogP contribution in [0.2, 0.25) is 0 Å². The molecule has 7 heteroatoms. The molecule has 0 aliphatic heterocycles. The Balaban J connectivity index is 1.80. The second-order valence-corrected chi connectivity index (χ2v) is 8.93. The highest BCUT2D eigenvalue weighted by Gasteiger charge is 2.48. The van der Waals surface area contributed by atoms with Gasteiger partial charge in [-0.2, -0.15) is 0 Å². The van der Waals surface area contributed by atoms with Gasteiger partial charge in [0.1, 0.15) is 0 Å². The first-order valence-corrected chi connectivity index (χ1v) is 11.9. The quantitative estimate of drug-likeness (QED) is 0.469. The van der Waals surface area contributed by atoms with Crippen molar-refractivity contribution in [1.29, 1.82) is 0 Å². The van der Waals surface area contributed by atoms with E-state index in [1.807, 2.05) is 66.7 Å². The summed E-state index contributed by atoms with van der Waals surface area (Å²) in [5, 5.41) is 13.0. The van der Waals surface area contributed by atoms with Crippen LogP contribution >= 0.6 is 15.9 Å². The molecule has 176 valence electrons. The molecule has 0 spiro atoms. The molecule has 0 saturated heterocycles. The number of amides is 1. The fourth-order valence-electron chi connectivity index (χ4n) is 4.16. The number of nitrogens with one attached hydrogen (secondary N) is 1. The van der Waals surface area contributed by atoms with Crippen molar-refractivity contribution in [2.24, 2.45) is 23.7 Å². The summed E-state index contributed by atoms with van der Waals surface area (Å²) < 4.78 is 12.0. The van der Waals surface area contributed by atoms with Crippen LogP contribution in [0.5, 0.6) is 0 Å². The highest BCUT2D eigenvalue weighted by atomic mass is 79.9. The third kappa shape index (κ3) is 6.76. The lowest BCUT2D eigenvalue weighted by molar-refractivity contribution is -0.158. The number of aliphatic hydroxyl groups is 1. The van der Waals surface area contributed by atoms with Gasteiger partial charge >= 0.3 is 5.97 Å². The molecule has 0 saturated carbocycles. The zero-order valence-electron chi connectivity index (χ0n) is 18.7. The van der Waals surface area contributed by atoms with Gasteiger partial charge < -0.3 is 19.9 Å². The van der Waals surface area contributed by atoms with Crippen molar-refractivity contribution in [3.63, 3.8) is 0 Å². The number of benzene rings is 2. The molecule has 0 radical (unpaired) electrons. The summed E-state index contributed by atoms with van der Waals surface area (Å²) in [6, 6.07) is 19.3. The molecule has 2 aromatic carbocycles. The van der Waals surface area contributed by atoms with E-state index >= 15 is 0 Å². The van der Waals surface area contributed by atoms with Crippen molar-refractivity contribution < 1.29 is 24.2 Å². The lowest BCUT2D eigenvalue weighted by atomic mass is 9.70. The van der Waals surface area contributed by atoms with Gasteiger partial charge in [0.15, 0.2) is 0 Å². The van der Waals surface area contributed by atoms with E-state index in [0.29, 0.717) is 13.2 Å². The molecule has 1 aliphatic rings. The first kappa shape index (κ1) is 25.1. The molecule has 0 heterocycles. The third-order valence-corrected chi connectivity index (χ3v) is 6.65. The Hall–Kier alpha value is -2.48. The molecule has 0 bridgehead atoms. The molecule has 4 atom stereocenters. The van der Waals surface area contributed by atoms with Crippen molar-refractivity contribution in [2.45, 2.75) is 20.1 Å². The minimum atomic E-state index is -0.784. The summed E-state index contributed by atoms with van der Waals surface area (Å²) in [5.41, 5.74) is 1.97. The molecular weight excluding hydrogens is 486 g/mol. The molecule has 1 amide bonds. The Morgan fingerprint density at radius 2 is 1.64 bits per heavy atom. The van der Waals surface area contributed by atoms with Crippen LogP contribution in [0.1, 0.15) is 18.1 Å². The summed E-state index contributed by atoms with van der Waals surface area (Å²) >= 11 is 3.57. The molecule has 1 aliphatic carbocycles.